The number of hydrogen-bond donors (Lipinski definition) is 4. The van der Waals surface area contributed by atoms with Gasteiger partial charge < -0.3 is 33.9 Å². The van der Waals surface area contributed by atoms with Gasteiger partial charge in [0.2, 0.25) is 17.7 Å². The number of benzene rings is 1. The van der Waals surface area contributed by atoms with Crippen molar-refractivity contribution in [1.82, 2.24) is 15.1 Å². The summed E-state index contributed by atoms with van der Waals surface area (Å²) in [6.07, 6.45) is -0.0878. The minimum atomic E-state index is -3.57. The molecule has 4 saturated heterocycles. The average molecular weight is 631 g/mol. The van der Waals surface area contributed by atoms with E-state index in [1.165, 1.54) is 30.5 Å². The van der Waals surface area contributed by atoms with Gasteiger partial charge >= 0.3 is 71.1 Å². The number of nitrogens with zero attached hydrogens (tertiary/aromatic N) is 2. The van der Waals surface area contributed by atoms with E-state index in [1.807, 2.05) is 6.07 Å². The third-order valence-electron chi connectivity index (χ3n) is 7.62. The van der Waals surface area contributed by atoms with Crippen LogP contribution in [0, 0.1) is 0 Å². The molecule has 1 aromatic carbocycles. The van der Waals surface area contributed by atoms with E-state index in [2.05, 4.69) is 5.32 Å². The zero-order valence-electron chi connectivity index (χ0n) is 25.6. The topological polar surface area (TPSA) is 204 Å². The van der Waals surface area contributed by atoms with Crippen LogP contribution >= 0.6 is 11.8 Å². The van der Waals surface area contributed by atoms with Gasteiger partial charge in [-0.3, -0.25) is 14.4 Å². The Morgan fingerprint density at radius 2 is 1.56 bits per heavy atom. The molecular formula is C24H32N4Na2O9S2. The van der Waals surface area contributed by atoms with Gasteiger partial charge in [-0.2, -0.15) is 0 Å². The molecule has 13 nitrogen and oxygen atoms in total. The Balaban J connectivity index is 0.000000815. The van der Waals surface area contributed by atoms with Crippen LogP contribution in [0.3, 0.4) is 0 Å². The van der Waals surface area contributed by atoms with E-state index in [4.69, 9.17) is 10.8 Å². The van der Waals surface area contributed by atoms with Gasteiger partial charge in [-0.15, -0.1) is 11.8 Å². The van der Waals surface area contributed by atoms with E-state index in [0.717, 1.165) is 4.90 Å². The zero-order chi connectivity index (χ0) is 29.2. The molecule has 0 spiro atoms. The van der Waals surface area contributed by atoms with Crippen molar-refractivity contribution in [2.45, 2.75) is 78.5 Å². The first kappa shape index (κ1) is 36.0. The van der Waals surface area contributed by atoms with Crippen molar-refractivity contribution in [2.75, 3.05) is 0 Å². The molecular weight excluding hydrogens is 598 g/mol. The molecule has 41 heavy (non-hydrogen) atoms. The van der Waals surface area contributed by atoms with E-state index in [-0.39, 0.29) is 79.7 Å². The molecule has 0 bridgehead atoms. The molecule has 4 heterocycles. The number of carboxylic acids is 2. The number of nitrogens with two attached hydrogens (primary N) is 1. The maximum atomic E-state index is 12.3. The first-order valence-corrected chi connectivity index (χ1v) is 14.5. The second-order valence-electron chi connectivity index (χ2n) is 10.8. The summed E-state index contributed by atoms with van der Waals surface area (Å²) in [5.74, 6) is -3.52. The van der Waals surface area contributed by atoms with Crippen molar-refractivity contribution in [3.63, 3.8) is 0 Å². The molecule has 5 rings (SSSR count). The van der Waals surface area contributed by atoms with Crippen molar-refractivity contribution >= 4 is 51.3 Å². The largest absolute Gasteiger partial charge is 1.00 e. The van der Waals surface area contributed by atoms with E-state index >= 15 is 0 Å². The van der Waals surface area contributed by atoms with Gasteiger partial charge in [-0.25, -0.2) is 18.0 Å². The monoisotopic (exact) mass is 630 g/mol. The smallest absolute Gasteiger partial charge is 1.00 e. The van der Waals surface area contributed by atoms with E-state index in [0.29, 0.717) is 5.56 Å². The molecule has 6 atom stereocenters. The fourth-order valence-corrected chi connectivity index (χ4v) is 9.18. The Morgan fingerprint density at radius 1 is 1.02 bits per heavy atom. The molecule has 4 fully saturated rings. The number of β-lactam (4-membered cyclic amide) rings is 2. The van der Waals surface area contributed by atoms with Gasteiger partial charge in [0.15, 0.2) is 9.84 Å². The Labute approximate surface area is 288 Å². The molecule has 3 amide bonds. The van der Waals surface area contributed by atoms with Gasteiger partial charge in [-0.05, 0) is 33.3 Å². The molecule has 0 radical (unpaired) electrons. The van der Waals surface area contributed by atoms with Gasteiger partial charge in [0.05, 0.1) is 11.2 Å². The third-order valence-corrected chi connectivity index (χ3v) is 12.0. The summed E-state index contributed by atoms with van der Waals surface area (Å²) in [5, 5.41) is 19.7. The normalized spacial score (nSPS) is 29.9. The number of thioether (sulfide) groups is 1. The third kappa shape index (κ3) is 5.86. The second-order valence-corrected chi connectivity index (χ2v) is 15.3. The molecule has 0 unspecified atom stereocenters. The average Bonchev–Trinajstić information content (AvgIpc) is 3.18. The fraction of sp³-hybridized carbons (Fsp3) is 0.542. The quantitative estimate of drug-likeness (QED) is 0.178. The van der Waals surface area contributed by atoms with Crippen LogP contribution in [0.15, 0.2) is 30.3 Å². The number of carboxylic acid groups (broad SMARTS) is 2. The number of sulfone groups is 1. The molecule has 1 aromatic rings. The Bertz CT molecular complexity index is 1370. The van der Waals surface area contributed by atoms with Crippen LogP contribution in [0.25, 0.3) is 0 Å². The van der Waals surface area contributed by atoms with Crippen molar-refractivity contribution < 1.29 is 105 Å². The number of nitrogens with one attached hydrogen (secondary N) is 1. The molecule has 17 heteroatoms. The number of rotatable bonds is 5. The minimum absolute atomic E-state index is 0. The second kappa shape index (κ2) is 12.4. The Morgan fingerprint density at radius 3 is 2.02 bits per heavy atom. The standard InChI is InChI=1S/C16H19N3O4S.C8H11NO5S.2Na.2H/c1-16(2)11(15(22)23)19-13(21)10(14(19)24-16)18-12(20)9(17)8-6-4-3-5-7-8;1-8(2)6(7(11)12)9-4(10)3-5(9)15(8,13)14;;;;/h3-7,9-11,14H,17H2,1-2H3,(H,18,20)(H,22,23);5-6H,3H2,1-2H3,(H,11,12);;;;/q;;2*+1;2*-1/t9-,10-,11+,14-;5-,6+;;;;/m11..../s1. The summed E-state index contributed by atoms with van der Waals surface area (Å²) in [7, 11) is -3.57. The zero-order valence-corrected chi connectivity index (χ0v) is 29.2. The summed E-state index contributed by atoms with van der Waals surface area (Å²) in [5.41, 5.74) is 6.59. The predicted molar refractivity (Wildman–Crippen MR) is 141 cm³/mol. The Kier molecular flexibility index (Phi) is 10.9. The van der Waals surface area contributed by atoms with Crippen LogP contribution in [-0.2, 0) is 33.8 Å². The molecule has 4 aliphatic heterocycles. The molecule has 4 aliphatic rings. The Hall–Kier alpha value is -1.17. The molecule has 0 aromatic heterocycles. The summed E-state index contributed by atoms with van der Waals surface area (Å²) in [6.45, 7) is 6.28. The van der Waals surface area contributed by atoms with E-state index in [1.54, 1.807) is 38.1 Å². The summed E-state index contributed by atoms with van der Waals surface area (Å²) in [4.78, 5) is 60.6. The predicted octanol–water partition coefficient (Wildman–Crippen LogP) is -6.24. The minimum Gasteiger partial charge on any atom is -1.00 e. The van der Waals surface area contributed by atoms with E-state index in [9.17, 15) is 37.5 Å². The van der Waals surface area contributed by atoms with Gasteiger partial charge in [0.25, 0.3) is 0 Å². The van der Waals surface area contributed by atoms with Crippen LogP contribution in [-0.4, -0.2) is 96.5 Å². The SMILES string of the molecule is CC1(C)S[C@@H]2[C@H](NC(=O)[C@H](N)c3ccccc3)C(=O)N2[C@H]1C(=O)O.CC1(C)[C@H](C(=O)O)N2C(=O)C[C@H]2S1(=O)=O.[H-].[H-].[Na+].[Na+]. The summed E-state index contributed by atoms with van der Waals surface area (Å²) < 4.78 is 21.7. The number of carbonyl (C=O) groups excluding carboxylic acids is 3. The van der Waals surface area contributed by atoms with Gasteiger partial charge in [0.1, 0.15) is 34.9 Å². The van der Waals surface area contributed by atoms with Crippen molar-refractivity contribution in [1.29, 1.82) is 0 Å². The number of fused-ring (bicyclic) bond motifs is 2. The number of carbonyl (C=O) groups is 5. The molecule has 216 valence electrons. The van der Waals surface area contributed by atoms with Crippen LogP contribution in [0.1, 0.15) is 48.6 Å². The van der Waals surface area contributed by atoms with Crippen LogP contribution in [0.5, 0.6) is 0 Å². The van der Waals surface area contributed by atoms with Crippen LogP contribution in [0.2, 0.25) is 0 Å². The number of amides is 3. The molecule has 0 saturated carbocycles. The first-order valence-electron chi connectivity index (χ1n) is 12.1. The van der Waals surface area contributed by atoms with Gasteiger partial charge in [0, 0.05) is 4.75 Å². The van der Waals surface area contributed by atoms with Crippen molar-refractivity contribution in [3.8, 4) is 0 Å². The maximum absolute atomic E-state index is 12.3. The fourth-order valence-electron chi connectivity index (χ4n) is 5.43. The number of aliphatic carboxylic acids is 2. The molecule has 5 N–H and O–H groups in total. The summed E-state index contributed by atoms with van der Waals surface area (Å²) in [6, 6.07) is 5.12. The first-order chi connectivity index (χ1) is 17.9. The van der Waals surface area contributed by atoms with Crippen molar-refractivity contribution in [2.24, 2.45) is 5.73 Å². The maximum Gasteiger partial charge on any atom is 1.00 e. The summed E-state index contributed by atoms with van der Waals surface area (Å²) >= 11 is 1.38. The number of hydrogen-bond acceptors (Lipinski definition) is 9. The van der Waals surface area contributed by atoms with E-state index < -0.39 is 72.6 Å². The molecule has 0 aliphatic carbocycles. The van der Waals surface area contributed by atoms with Crippen LogP contribution < -0.4 is 70.2 Å². The van der Waals surface area contributed by atoms with Crippen LogP contribution in [0.4, 0.5) is 0 Å². The van der Waals surface area contributed by atoms with Crippen molar-refractivity contribution in [3.05, 3.63) is 35.9 Å². The van der Waals surface area contributed by atoms with Gasteiger partial charge in [-0.1, -0.05) is 30.3 Å².